The Bertz CT molecular complexity index is 355. The summed E-state index contributed by atoms with van der Waals surface area (Å²) in [5.41, 5.74) is 1.07. The first kappa shape index (κ1) is 10.4. The lowest BCUT2D eigenvalue weighted by Gasteiger charge is -2.33. The Morgan fingerprint density at radius 2 is 2.07 bits per heavy atom. The highest BCUT2D eigenvalue weighted by molar-refractivity contribution is 7.13. The predicted molar refractivity (Wildman–Crippen MR) is 61.3 cm³/mol. The van der Waals surface area contributed by atoms with Crippen LogP contribution < -0.4 is 4.90 Å². The maximum atomic E-state index is 11.1. The molecule has 0 atom stereocenters. The molecule has 0 spiro atoms. The van der Waals surface area contributed by atoms with Gasteiger partial charge in [0.25, 0.3) is 0 Å². The average Bonchev–Trinajstić information content (AvgIpc) is 2.65. The second-order valence-corrected chi connectivity index (χ2v) is 4.60. The summed E-state index contributed by atoms with van der Waals surface area (Å²) in [7, 11) is 0. The van der Waals surface area contributed by atoms with E-state index >= 15 is 0 Å². The first-order valence-corrected chi connectivity index (χ1v) is 5.97. The van der Waals surface area contributed by atoms with Gasteiger partial charge in [-0.2, -0.15) is 0 Å². The molecule has 0 N–H and O–H groups in total. The summed E-state index contributed by atoms with van der Waals surface area (Å²) >= 11 is 1.68. The second-order valence-electron chi connectivity index (χ2n) is 3.76. The lowest BCUT2D eigenvalue weighted by Crippen LogP contribution is -2.48. The molecule has 1 aliphatic heterocycles. The number of thiazole rings is 1. The molecular weight excluding hydrogens is 210 g/mol. The summed E-state index contributed by atoms with van der Waals surface area (Å²) in [5, 5.41) is 3.14. The van der Waals surface area contributed by atoms with E-state index in [0.29, 0.717) is 0 Å². The molecule has 0 aromatic carbocycles. The first-order valence-electron chi connectivity index (χ1n) is 5.09. The summed E-state index contributed by atoms with van der Waals surface area (Å²) in [6.07, 6.45) is 0. The van der Waals surface area contributed by atoms with Crippen molar-refractivity contribution in [3.63, 3.8) is 0 Å². The van der Waals surface area contributed by atoms with Crippen LogP contribution >= 0.6 is 11.3 Å². The highest BCUT2D eigenvalue weighted by atomic mass is 32.1. The highest BCUT2D eigenvalue weighted by Crippen LogP contribution is 2.21. The summed E-state index contributed by atoms with van der Waals surface area (Å²) in [6.45, 7) is 7.05. The monoisotopic (exact) mass is 225 g/mol. The SMILES string of the molecule is CC(=O)N1CCN(c2nc(C)cs2)CC1. The van der Waals surface area contributed by atoms with Gasteiger partial charge in [-0.1, -0.05) is 0 Å². The van der Waals surface area contributed by atoms with E-state index < -0.39 is 0 Å². The fraction of sp³-hybridized carbons (Fsp3) is 0.600. The fourth-order valence-electron chi connectivity index (χ4n) is 1.70. The van der Waals surface area contributed by atoms with Crippen molar-refractivity contribution in [3.05, 3.63) is 11.1 Å². The molecule has 82 valence electrons. The molecule has 1 aromatic rings. The van der Waals surface area contributed by atoms with Gasteiger partial charge < -0.3 is 9.80 Å². The van der Waals surface area contributed by atoms with E-state index in [1.165, 1.54) is 0 Å². The Balaban J connectivity index is 1.96. The van der Waals surface area contributed by atoms with Crippen molar-refractivity contribution in [2.75, 3.05) is 31.1 Å². The zero-order valence-corrected chi connectivity index (χ0v) is 9.88. The lowest BCUT2D eigenvalue weighted by atomic mass is 10.3. The largest absolute Gasteiger partial charge is 0.345 e. The Kier molecular flexibility index (Phi) is 2.90. The predicted octanol–water partition coefficient (Wildman–Crippen LogP) is 1.12. The Labute approximate surface area is 93.5 Å². The molecule has 15 heavy (non-hydrogen) atoms. The molecule has 0 saturated carbocycles. The van der Waals surface area contributed by atoms with Crippen LogP contribution in [-0.2, 0) is 4.79 Å². The Hall–Kier alpha value is -1.10. The summed E-state index contributed by atoms with van der Waals surface area (Å²) < 4.78 is 0. The van der Waals surface area contributed by atoms with E-state index in [1.54, 1.807) is 18.3 Å². The molecule has 1 aliphatic rings. The van der Waals surface area contributed by atoms with Crippen molar-refractivity contribution < 1.29 is 4.79 Å². The fourth-order valence-corrected chi connectivity index (χ4v) is 2.56. The van der Waals surface area contributed by atoms with Gasteiger partial charge in [0.05, 0.1) is 5.69 Å². The van der Waals surface area contributed by atoms with Crippen LogP contribution in [0, 0.1) is 6.92 Å². The number of aromatic nitrogens is 1. The quantitative estimate of drug-likeness (QED) is 0.718. The van der Waals surface area contributed by atoms with Crippen molar-refractivity contribution in [2.45, 2.75) is 13.8 Å². The number of nitrogens with zero attached hydrogens (tertiary/aromatic N) is 3. The molecule has 1 fully saturated rings. The van der Waals surface area contributed by atoms with Gasteiger partial charge >= 0.3 is 0 Å². The van der Waals surface area contributed by atoms with E-state index in [-0.39, 0.29) is 5.91 Å². The third kappa shape index (κ3) is 2.28. The van der Waals surface area contributed by atoms with Gasteiger partial charge in [0.2, 0.25) is 5.91 Å². The van der Waals surface area contributed by atoms with Crippen LogP contribution in [0.15, 0.2) is 5.38 Å². The molecule has 4 nitrogen and oxygen atoms in total. The molecule has 1 saturated heterocycles. The topological polar surface area (TPSA) is 36.4 Å². The number of rotatable bonds is 1. The number of amides is 1. The van der Waals surface area contributed by atoms with Gasteiger partial charge in [0.15, 0.2) is 5.13 Å². The molecule has 0 unspecified atom stereocenters. The molecule has 5 heteroatoms. The minimum Gasteiger partial charge on any atom is -0.345 e. The minimum atomic E-state index is 0.171. The second kappa shape index (κ2) is 4.18. The number of hydrogen-bond donors (Lipinski definition) is 0. The number of carbonyl (C=O) groups excluding carboxylic acids is 1. The third-order valence-electron chi connectivity index (χ3n) is 2.60. The number of anilines is 1. The van der Waals surface area contributed by atoms with Gasteiger partial charge in [0, 0.05) is 38.5 Å². The van der Waals surface area contributed by atoms with Crippen molar-refractivity contribution >= 4 is 22.4 Å². The standard InChI is InChI=1S/C10H15N3OS/c1-8-7-15-10(11-8)13-5-3-12(4-6-13)9(2)14/h7H,3-6H2,1-2H3. The van der Waals surface area contributed by atoms with Crippen molar-refractivity contribution in [3.8, 4) is 0 Å². The summed E-state index contributed by atoms with van der Waals surface area (Å²) in [5.74, 6) is 0.171. The molecule has 0 radical (unpaired) electrons. The average molecular weight is 225 g/mol. The highest BCUT2D eigenvalue weighted by Gasteiger charge is 2.20. The van der Waals surface area contributed by atoms with E-state index in [2.05, 4.69) is 15.3 Å². The third-order valence-corrected chi connectivity index (χ3v) is 3.62. The Morgan fingerprint density at radius 3 is 2.53 bits per heavy atom. The van der Waals surface area contributed by atoms with Crippen LogP contribution in [0.5, 0.6) is 0 Å². The van der Waals surface area contributed by atoms with E-state index in [4.69, 9.17) is 0 Å². The lowest BCUT2D eigenvalue weighted by molar-refractivity contribution is -0.129. The number of carbonyl (C=O) groups is 1. The maximum absolute atomic E-state index is 11.1. The molecule has 1 amide bonds. The van der Waals surface area contributed by atoms with Crippen LogP contribution in [0.25, 0.3) is 0 Å². The summed E-state index contributed by atoms with van der Waals surface area (Å²) in [6, 6.07) is 0. The Morgan fingerprint density at radius 1 is 1.40 bits per heavy atom. The smallest absolute Gasteiger partial charge is 0.219 e. The molecule has 0 bridgehead atoms. The van der Waals surface area contributed by atoms with Crippen molar-refractivity contribution in [1.82, 2.24) is 9.88 Å². The molecule has 0 aliphatic carbocycles. The van der Waals surface area contributed by atoms with Gasteiger partial charge in [-0.25, -0.2) is 4.98 Å². The van der Waals surface area contributed by atoms with Crippen LogP contribution in [0.3, 0.4) is 0 Å². The van der Waals surface area contributed by atoms with Crippen molar-refractivity contribution in [2.24, 2.45) is 0 Å². The van der Waals surface area contributed by atoms with Crippen LogP contribution in [0.2, 0.25) is 0 Å². The van der Waals surface area contributed by atoms with Crippen LogP contribution in [0.1, 0.15) is 12.6 Å². The van der Waals surface area contributed by atoms with Crippen molar-refractivity contribution in [1.29, 1.82) is 0 Å². The van der Waals surface area contributed by atoms with Gasteiger partial charge in [0.1, 0.15) is 0 Å². The van der Waals surface area contributed by atoms with Gasteiger partial charge in [-0.3, -0.25) is 4.79 Å². The van der Waals surface area contributed by atoms with Gasteiger partial charge in [-0.15, -0.1) is 11.3 Å². The normalized spacial score (nSPS) is 16.9. The summed E-state index contributed by atoms with van der Waals surface area (Å²) in [4.78, 5) is 19.7. The molecular formula is C10H15N3OS. The van der Waals surface area contributed by atoms with E-state index in [9.17, 15) is 4.79 Å². The maximum Gasteiger partial charge on any atom is 0.219 e. The van der Waals surface area contributed by atoms with Gasteiger partial charge in [-0.05, 0) is 6.92 Å². The van der Waals surface area contributed by atoms with E-state index in [0.717, 1.165) is 37.0 Å². The first-order chi connectivity index (χ1) is 7.16. The molecule has 2 heterocycles. The zero-order chi connectivity index (χ0) is 10.8. The van der Waals surface area contributed by atoms with Crippen LogP contribution in [-0.4, -0.2) is 42.0 Å². The number of hydrogen-bond acceptors (Lipinski definition) is 4. The zero-order valence-electron chi connectivity index (χ0n) is 9.06. The molecule has 1 aromatic heterocycles. The number of piperazine rings is 1. The minimum absolute atomic E-state index is 0.171. The van der Waals surface area contributed by atoms with Crippen LogP contribution in [0.4, 0.5) is 5.13 Å². The number of aryl methyl sites for hydroxylation is 1. The molecule has 2 rings (SSSR count). The van der Waals surface area contributed by atoms with E-state index in [1.807, 2.05) is 11.8 Å².